The summed E-state index contributed by atoms with van der Waals surface area (Å²) in [4.78, 5) is 5.43. The molecule has 10 aromatic rings. The highest BCUT2D eigenvalue weighted by molar-refractivity contribution is 7.99. The van der Waals surface area contributed by atoms with Gasteiger partial charge in [0.2, 0.25) is 0 Å². The maximum Gasteiger partial charge on any atom is 0.145 e. The average Bonchev–Trinajstić information content (AvgIpc) is 3.95. The van der Waals surface area contributed by atoms with Crippen LogP contribution in [0, 0.1) is 26.2 Å². The van der Waals surface area contributed by atoms with E-state index >= 15 is 0 Å². The van der Waals surface area contributed by atoms with Crippen molar-refractivity contribution in [2.24, 2.45) is 4.99 Å². The lowest BCUT2D eigenvalue weighted by molar-refractivity contribution is 0.668. The van der Waals surface area contributed by atoms with Crippen LogP contribution in [0.15, 0.2) is 229 Å². The summed E-state index contributed by atoms with van der Waals surface area (Å²) in [6.45, 7) is 28.4. The molecule has 3 heterocycles. The van der Waals surface area contributed by atoms with Crippen LogP contribution in [0.4, 0.5) is 0 Å². The molecule has 2 N–H and O–H groups in total. The van der Waals surface area contributed by atoms with Gasteiger partial charge < -0.3 is 14.3 Å². The van der Waals surface area contributed by atoms with Crippen LogP contribution >= 0.6 is 11.8 Å². The molecular formula is C68H60N4OS. The predicted octanol–water partition coefficient (Wildman–Crippen LogP) is 18.7. The summed E-state index contributed by atoms with van der Waals surface area (Å²) in [6.07, 6.45) is 15.5. The zero-order valence-electron chi connectivity index (χ0n) is 42.6. The van der Waals surface area contributed by atoms with Gasteiger partial charge in [-0.05, 0) is 137 Å². The molecule has 5 nitrogen and oxygen atoms in total. The number of allylic oxidation sites excluding steroid dienone is 7. The standard InChI is InChI=1S/C46H40N4OS.C19H14.C3H6/c1-7-9-21-38-30(4)29(3)37(8-2)50(38)39-22-13-14-27-52-42-24-16-19-34(43(42)31(39)5)33-25-26-40-36(28-33)44-35(20-15-23-41(44)51-40)45(47)49-46(48-6)32-17-11-10-12-18-32;1-13-10-11-18-16-8-3-2-6-14(16)15-7-4-5-9-17(15)19(18)12-13;1-3-2/h7-26,28,46H,1-2,5-6,27H2,3-4H3,(H2,47,49);2-12H,1H3;3H,1H2,2H3/b14-13-,21-9-,39-22+;;. The van der Waals surface area contributed by atoms with Gasteiger partial charge >= 0.3 is 0 Å². The zero-order valence-corrected chi connectivity index (χ0v) is 43.4. The topological polar surface area (TPSA) is 66.3 Å². The molecule has 0 bridgehead atoms. The third-order valence-corrected chi connectivity index (χ3v) is 14.6. The first kappa shape index (κ1) is 50.2. The van der Waals surface area contributed by atoms with Gasteiger partial charge in [0.1, 0.15) is 23.2 Å². The van der Waals surface area contributed by atoms with Crippen molar-refractivity contribution < 1.29 is 4.42 Å². The van der Waals surface area contributed by atoms with Gasteiger partial charge in [0.05, 0.1) is 5.70 Å². The summed E-state index contributed by atoms with van der Waals surface area (Å²) < 4.78 is 8.63. The molecule has 0 aliphatic carbocycles. The van der Waals surface area contributed by atoms with Crippen LogP contribution in [0.3, 0.4) is 0 Å². The third-order valence-electron chi connectivity index (χ3n) is 13.6. The van der Waals surface area contributed by atoms with E-state index in [2.05, 4.69) is 183 Å². The Morgan fingerprint density at radius 1 is 0.716 bits per heavy atom. The predicted molar refractivity (Wildman–Crippen MR) is 324 cm³/mol. The van der Waals surface area contributed by atoms with Crippen LogP contribution in [0.1, 0.15) is 57.9 Å². The number of aryl methyl sites for hydroxylation is 1. The second-order valence-corrected chi connectivity index (χ2v) is 19.2. The SMILES string of the molecule is C=C/C=C\c1c(C)c(C)c(C=C)n1/C1=C/C=C\CSc2cccc(-c3ccc4oc5cccc(C(=N)NC(N=C)c6ccccc6)c5c4c3)c2C1=C.C=CC.Cc1ccc2c3ccccc3c3ccccc3c2c1. The molecule has 1 aliphatic heterocycles. The van der Waals surface area contributed by atoms with Gasteiger partial charge in [-0.2, -0.15) is 0 Å². The van der Waals surface area contributed by atoms with Crippen LogP contribution in [-0.2, 0) is 0 Å². The van der Waals surface area contributed by atoms with Crippen LogP contribution in [0.5, 0.6) is 0 Å². The first-order chi connectivity index (χ1) is 36.1. The van der Waals surface area contributed by atoms with Gasteiger partial charge in [-0.1, -0.05) is 183 Å². The third kappa shape index (κ3) is 9.68. The summed E-state index contributed by atoms with van der Waals surface area (Å²) in [7, 11) is 0. The Morgan fingerprint density at radius 3 is 2.04 bits per heavy atom. The van der Waals surface area contributed by atoms with Crippen LogP contribution in [-0.4, -0.2) is 22.9 Å². The van der Waals surface area contributed by atoms with Crippen molar-refractivity contribution in [2.75, 3.05) is 5.75 Å². The fourth-order valence-electron chi connectivity index (χ4n) is 10.0. The minimum absolute atomic E-state index is 0.240. The smallest absolute Gasteiger partial charge is 0.145 e. The van der Waals surface area contributed by atoms with E-state index in [0.717, 1.165) is 77.5 Å². The average molecular weight is 981 g/mol. The van der Waals surface area contributed by atoms with Gasteiger partial charge in [0, 0.05) is 49.5 Å². The number of benzene rings is 8. The maximum atomic E-state index is 9.17. The Morgan fingerprint density at radius 2 is 1.36 bits per heavy atom. The lowest BCUT2D eigenvalue weighted by Gasteiger charge is -2.22. The molecule has 0 spiro atoms. The lowest BCUT2D eigenvalue weighted by atomic mass is 9.92. The van der Waals surface area contributed by atoms with Crippen molar-refractivity contribution in [3.05, 3.63) is 259 Å². The Labute approximate surface area is 439 Å². The minimum Gasteiger partial charge on any atom is -0.456 e. The highest BCUT2D eigenvalue weighted by Crippen LogP contribution is 2.44. The number of amidine groups is 1. The lowest BCUT2D eigenvalue weighted by Crippen LogP contribution is -2.27. The Kier molecular flexibility index (Phi) is 15.2. The van der Waals surface area contributed by atoms with E-state index in [1.54, 1.807) is 23.9 Å². The van der Waals surface area contributed by atoms with E-state index in [4.69, 9.17) is 11.0 Å². The number of nitrogens with one attached hydrogen (secondary N) is 2. The van der Waals surface area contributed by atoms with Crippen molar-refractivity contribution in [3.8, 4) is 11.1 Å². The Hall–Kier alpha value is -8.71. The van der Waals surface area contributed by atoms with E-state index in [1.165, 1.54) is 49.0 Å². The molecule has 0 saturated carbocycles. The van der Waals surface area contributed by atoms with Crippen molar-refractivity contribution in [1.82, 2.24) is 9.88 Å². The molecule has 11 rings (SSSR count). The number of furan rings is 1. The fourth-order valence-corrected chi connectivity index (χ4v) is 11.0. The molecule has 1 atom stereocenters. The number of rotatable bonds is 9. The van der Waals surface area contributed by atoms with Crippen LogP contribution in [0.2, 0.25) is 0 Å². The number of aromatic nitrogens is 1. The number of hydrogen-bond acceptors (Lipinski definition) is 4. The number of hydrogen-bond donors (Lipinski definition) is 2. The van der Waals surface area contributed by atoms with Gasteiger partial charge in [-0.3, -0.25) is 10.4 Å². The molecule has 74 heavy (non-hydrogen) atoms. The molecule has 6 heteroatoms. The van der Waals surface area contributed by atoms with E-state index in [9.17, 15) is 5.41 Å². The van der Waals surface area contributed by atoms with E-state index in [-0.39, 0.29) is 5.84 Å². The van der Waals surface area contributed by atoms with E-state index in [1.807, 2.05) is 73.7 Å². The van der Waals surface area contributed by atoms with Gasteiger partial charge in [0.15, 0.2) is 0 Å². The number of fused-ring (bicyclic) bond motifs is 10. The number of nitrogens with zero attached hydrogens (tertiary/aromatic N) is 2. The highest BCUT2D eigenvalue weighted by atomic mass is 32.2. The second-order valence-electron chi connectivity index (χ2n) is 18.2. The molecule has 2 aromatic heterocycles. The summed E-state index contributed by atoms with van der Waals surface area (Å²) in [6, 6.07) is 52.5. The van der Waals surface area contributed by atoms with Crippen molar-refractivity contribution in [2.45, 2.75) is 38.8 Å². The molecule has 1 aliphatic rings. The monoisotopic (exact) mass is 980 g/mol. The molecule has 364 valence electrons. The van der Waals surface area contributed by atoms with Crippen molar-refractivity contribution in [3.63, 3.8) is 0 Å². The first-order valence-electron chi connectivity index (χ1n) is 24.8. The van der Waals surface area contributed by atoms with Crippen molar-refractivity contribution >= 4 is 102 Å². The second kappa shape index (κ2) is 22.4. The molecule has 0 saturated heterocycles. The number of aliphatic imine (C=N–C) groups is 1. The summed E-state index contributed by atoms with van der Waals surface area (Å²) >= 11 is 1.80. The summed E-state index contributed by atoms with van der Waals surface area (Å²) in [5.74, 6) is 1.06. The molecular weight excluding hydrogens is 921 g/mol. The van der Waals surface area contributed by atoms with Crippen molar-refractivity contribution in [1.29, 1.82) is 5.41 Å². The van der Waals surface area contributed by atoms with Gasteiger partial charge in [-0.25, -0.2) is 0 Å². The summed E-state index contributed by atoms with van der Waals surface area (Å²) in [5, 5.41) is 22.3. The van der Waals surface area contributed by atoms with Gasteiger partial charge in [-0.15, -0.1) is 18.3 Å². The maximum absolute atomic E-state index is 9.17. The van der Waals surface area contributed by atoms with E-state index < -0.39 is 6.17 Å². The quantitative estimate of drug-likeness (QED) is 0.0498. The van der Waals surface area contributed by atoms with Crippen LogP contribution in [0.25, 0.3) is 88.8 Å². The molecule has 0 radical (unpaired) electrons. The first-order valence-corrected chi connectivity index (χ1v) is 25.8. The molecule has 0 amide bonds. The molecule has 1 unspecified atom stereocenters. The highest BCUT2D eigenvalue weighted by Gasteiger charge is 2.24. The van der Waals surface area contributed by atoms with E-state index in [0.29, 0.717) is 5.58 Å². The zero-order chi connectivity index (χ0) is 51.9. The number of thioether (sulfide) groups is 1. The molecule has 8 aromatic carbocycles. The fraction of sp³-hybridized carbons (Fsp3) is 0.0882. The summed E-state index contributed by atoms with van der Waals surface area (Å²) in [5.41, 5.74) is 13.9. The Balaban J connectivity index is 0.000000251. The Bertz CT molecular complexity index is 3900. The minimum atomic E-state index is -0.465. The molecule has 0 fully saturated rings. The normalized spacial score (nSPS) is 13.8. The van der Waals surface area contributed by atoms with Gasteiger partial charge in [0.25, 0.3) is 0 Å². The largest absolute Gasteiger partial charge is 0.456 e. The van der Waals surface area contributed by atoms with Crippen LogP contribution < -0.4 is 5.32 Å².